The Morgan fingerprint density at radius 1 is 1.21 bits per heavy atom. The van der Waals surface area contributed by atoms with E-state index in [2.05, 4.69) is 5.32 Å². The number of halogens is 1. The van der Waals surface area contributed by atoms with Crippen molar-refractivity contribution < 1.29 is 4.39 Å². The normalized spacial score (nSPS) is 32.2. The van der Waals surface area contributed by atoms with Crippen LogP contribution < -0.4 is 5.32 Å². The first-order chi connectivity index (χ1) is 6.80. The molecule has 1 aromatic rings. The van der Waals surface area contributed by atoms with Crippen molar-refractivity contribution in [3.8, 4) is 0 Å². The number of alkyl halides is 1. The zero-order valence-corrected chi connectivity index (χ0v) is 7.57. The number of anilines is 1. The third kappa shape index (κ3) is 0.882. The fourth-order valence-corrected chi connectivity index (χ4v) is 2.15. The monoisotopic (exact) mass is 187 g/mol. The Labute approximate surface area is 81.9 Å². The van der Waals surface area contributed by atoms with Crippen molar-refractivity contribution in [2.45, 2.75) is 11.7 Å². The van der Waals surface area contributed by atoms with Crippen molar-refractivity contribution in [3.05, 3.63) is 54.1 Å². The van der Waals surface area contributed by atoms with Gasteiger partial charge in [0.1, 0.15) is 0 Å². The van der Waals surface area contributed by atoms with Gasteiger partial charge >= 0.3 is 0 Å². The Morgan fingerprint density at radius 2 is 2.07 bits per heavy atom. The van der Waals surface area contributed by atoms with Gasteiger partial charge in [-0.05, 0) is 17.7 Å². The van der Waals surface area contributed by atoms with Gasteiger partial charge in [-0.25, -0.2) is 4.39 Å². The summed E-state index contributed by atoms with van der Waals surface area (Å²) < 4.78 is 14.3. The molecule has 1 nitrogen and oxygen atoms in total. The van der Waals surface area contributed by atoms with Crippen molar-refractivity contribution >= 4 is 5.69 Å². The summed E-state index contributed by atoms with van der Waals surface area (Å²) in [5.41, 5.74) is 1.94. The topological polar surface area (TPSA) is 12.0 Å². The molecule has 70 valence electrons. The van der Waals surface area contributed by atoms with Crippen LogP contribution in [0.2, 0.25) is 0 Å². The molecule has 0 saturated carbocycles. The van der Waals surface area contributed by atoms with Gasteiger partial charge in [-0.1, -0.05) is 36.4 Å². The number of fused-ring (bicyclic) bond motifs is 3. The molecule has 0 aromatic heterocycles. The second-order valence-corrected chi connectivity index (χ2v) is 3.70. The molecule has 0 fully saturated rings. The van der Waals surface area contributed by atoms with Crippen LogP contribution in [0.5, 0.6) is 0 Å². The summed E-state index contributed by atoms with van der Waals surface area (Å²) in [7, 11) is 0. The maximum Gasteiger partial charge on any atom is 0.210 e. The molecule has 0 radical (unpaired) electrons. The summed E-state index contributed by atoms with van der Waals surface area (Å²) in [5.74, 6) is -1.60. The van der Waals surface area contributed by atoms with E-state index in [4.69, 9.17) is 0 Å². The van der Waals surface area contributed by atoms with E-state index >= 15 is 0 Å². The number of hydrogen-bond acceptors (Lipinski definition) is 1. The molecule has 2 aliphatic rings. The average molecular weight is 187 g/mol. The molecule has 1 N–H and O–H groups in total. The van der Waals surface area contributed by atoms with Gasteiger partial charge in [-0.2, -0.15) is 0 Å². The van der Waals surface area contributed by atoms with Gasteiger partial charge in [-0.3, -0.25) is 0 Å². The van der Waals surface area contributed by atoms with Crippen LogP contribution in [0.25, 0.3) is 0 Å². The molecule has 0 bridgehead atoms. The van der Waals surface area contributed by atoms with E-state index in [1.54, 1.807) is 12.2 Å². The van der Waals surface area contributed by atoms with Gasteiger partial charge in [0, 0.05) is 5.69 Å². The maximum absolute atomic E-state index is 14.3. The highest BCUT2D eigenvalue weighted by Crippen LogP contribution is 2.46. The van der Waals surface area contributed by atoms with Crippen LogP contribution in [0.4, 0.5) is 10.1 Å². The lowest BCUT2D eigenvalue weighted by atomic mass is 9.90. The summed E-state index contributed by atoms with van der Waals surface area (Å²) in [4.78, 5) is 0. The second kappa shape index (κ2) is 2.47. The van der Waals surface area contributed by atoms with Gasteiger partial charge in [0.25, 0.3) is 0 Å². The quantitative estimate of drug-likeness (QED) is 0.616. The molecule has 0 spiro atoms. The fraction of sp³-hybridized carbons (Fsp3) is 0.167. The Kier molecular flexibility index (Phi) is 1.38. The number of para-hydroxylation sites is 1. The standard InChI is InChI=1S/C12H10FN/c13-12-8-4-3-6-10(12)9-5-1-2-7-11(9)14-12/h1-8,10,14H. The third-order valence-electron chi connectivity index (χ3n) is 2.83. The first-order valence-electron chi connectivity index (χ1n) is 4.72. The van der Waals surface area contributed by atoms with Gasteiger partial charge < -0.3 is 5.32 Å². The predicted molar refractivity (Wildman–Crippen MR) is 54.9 cm³/mol. The fourth-order valence-electron chi connectivity index (χ4n) is 2.15. The van der Waals surface area contributed by atoms with Crippen LogP contribution in [0, 0.1) is 0 Å². The molecule has 1 aromatic carbocycles. The van der Waals surface area contributed by atoms with Gasteiger partial charge in [0.15, 0.2) is 0 Å². The molecule has 1 heterocycles. The Hall–Kier alpha value is -1.57. The van der Waals surface area contributed by atoms with Crippen molar-refractivity contribution in [1.29, 1.82) is 0 Å². The van der Waals surface area contributed by atoms with E-state index in [1.165, 1.54) is 0 Å². The minimum atomic E-state index is -1.42. The SMILES string of the molecule is FC12C=CC=CC1c1ccccc1N2. The molecule has 1 aliphatic carbocycles. The average Bonchev–Trinajstić information content (AvgIpc) is 2.49. The molecule has 2 unspecified atom stereocenters. The highest BCUT2D eigenvalue weighted by molar-refractivity contribution is 5.64. The first-order valence-corrected chi connectivity index (χ1v) is 4.72. The number of benzene rings is 1. The van der Waals surface area contributed by atoms with E-state index in [0.29, 0.717) is 0 Å². The number of hydrogen-bond donors (Lipinski definition) is 1. The van der Waals surface area contributed by atoms with Crippen LogP contribution in [-0.4, -0.2) is 5.79 Å². The van der Waals surface area contributed by atoms with Crippen LogP contribution in [0.15, 0.2) is 48.6 Å². The minimum Gasteiger partial charge on any atom is -0.349 e. The number of nitrogens with one attached hydrogen (secondary N) is 1. The Bertz CT molecular complexity index is 436. The van der Waals surface area contributed by atoms with Crippen molar-refractivity contribution in [1.82, 2.24) is 0 Å². The summed E-state index contributed by atoms with van der Waals surface area (Å²) in [5, 5.41) is 2.91. The summed E-state index contributed by atoms with van der Waals surface area (Å²) in [6.07, 6.45) is 7.12. The lowest BCUT2D eigenvalue weighted by molar-refractivity contribution is 0.255. The van der Waals surface area contributed by atoms with E-state index in [9.17, 15) is 4.39 Å². The zero-order valence-electron chi connectivity index (χ0n) is 7.57. The highest BCUT2D eigenvalue weighted by Gasteiger charge is 2.43. The molecule has 0 amide bonds. The minimum absolute atomic E-state index is 0.177. The van der Waals surface area contributed by atoms with Gasteiger partial charge in [0.2, 0.25) is 5.79 Å². The van der Waals surface area contributed by atoms with Gasteiger partial charge in [-0.15, -0.1) is 0 Å². The first kappa shape index (κ1) is 7.80. The maximum atomic E-state index is 14.3. The van der Waals surface area contributed by atoms with Crippen LogP contribution >= 0.6 is 0 Å². The number of rotatable bonds is 0. The summed E-state index contributed by atoms with van der Waals surface area (Å²) in [6.45, 7) is 0. The van der Waals surface area contributed by atoms with Crippen molar-refractivity contribution in [2.24, 2.45) is 0 Å². The van der Waals surface area contributed by atoms with Crippen molar-refractivity contribution in [2.75, 3.05) is 5.32 Å². The summed E-state index contributed by atoms with van der Waals surface area (Å²) >= 11 is 0. The Balaban J connectivity index is 2.18. The highest BCUT2D eigenvalue weighted by atomic mass is 19.1. The van der Waals surface area contributed by atoms with E-state index in [-0.39, 0.29) is 5.92 Å². The summed E-state index contributed by atoms with van der Waals surface area (Å²) in [6, 6.07) is 7.74. The Morgan fingerprint density at radius 3 is 3.00 bits per heavy atom. The van der Waals surface area contributed by atoms with Crippen LogP contribution in [-0.2, 0) is 0 Å². The second-order valence-electron chi connectivity index (χ2n) is 3.70. The molecule has 0 saturated heterocycles. The van der Waals surface area contributed by atoms with Gasteiger partial charge in [0.05, 0.1) is 5.92 Å². The lowest BCUT2D eigenvalue weighted by Crippen LogP contribution is -2.32. The predicted octanol–water partition coefficient (Wildman–Crippen LogP) is 2.99. The molecule has 2 heteroatoms. The lowest BCUT2D eigenvalue weighted by Gasteiger charge is -2.24. The molecule has 14 heavy (non-hydrogen) atoms. The van der Waals surface area contributed by atoms with Crippen LogP contribution in [0.3, 0.4) is 0 Å². The molecule has 3 rings (SSSR count). The van der Waals surface area contributed by atoms with E-state index < -0.39 is 5.79 Å². The third-order valence-corrected chi connectivity index (χ3v) is 2.83. The smallest absolute Gasteiger partial charge is 0.210 e. The molecular formula is C12H10FN. The van der Waals surface area contributed by atoms with E-state index in [1.807, 2.05) is 36.4 Å². The van der Waals surface area contributed by atoms with Crippen LogP contribution in [0.1, 0.15) is 11.5 Å². The molecular weight excluding hydrogens is 177 g/mol. The molecule has 1 aliphatic heterocycles. The largest absolute Gasteiger partial charge is 0.349 e. The van der Waals surface area contributed by atoms with Crippen molar-refractivity contribution in [3.63, 3.8) is 0 Å². The zero-order chi connectivity index (χ0) is 9.60. The molecule has 2 atom stereocenters. The van der Waals surface area contributed by atoms with E-state index in [0.717, 1.165) is 11.3 Å². The number of allylic oxidation sites excluding steroid dienone is 2.